The van der Waals surface area contributed by atoms with Gasteiger partial charge in [0, 0.05) is 11.3 Å². The van der Waals surface area contributed by atoms with Gasteiger partial charge in [0.15, 0.2) is 5.60 Å². The molecule has 4 rings (SSSR count). The van der Waals surface area contributed by atoms with Crippen LogP contribution in [0.2, 0.25) is 0 Å². The molecule has 0 aliphatic heterocycles. The summed E-state index contributed by atoms with van der Waals surface area (Å²) in [7, 11) is 0. The third kappa shape index (κ3) is 1.99. The molecule has 0 aromatic heterocycles. The molecular formula is C21H30O4. The van der Waals surface area contributed by atoms with Crippen molar-refractivity contribution in [1.82, 2.24) is 0 Å². The Kier molecular flexibility index (Phi) is 3.74. The number of hydrogen-bond donors (Lipinski definition) is 4. The van der Waals surface area contributed by atoms with Gasteiger partial charge in [-0.1, -0.05) is 31.4 Å². The first-order chi connectivity index (χ1) is 11.7. The number of aliphatic hydroxyl groups is 4. The second kappa shape index (κ2) is 5.33. The van der Waals surface area contributed by atoms with Crippen LogP contribution < -0.4 is 0 Å². The van der Waals surface area contributed by atoms with Crippen molar-refractivity contribution in [3.05, 3.63) is 11.6 Å². The third-order valence-electron chi connectivity index (χ3n) is 8.54. The Morgan fingerprint density at radius 3 is 2.56 bits per heavy atom. The number of allylic oxidation sites excluding steroid dienone is 1. The molecule has 0 aromatic carbocycles. The molecule has 3 saturated carbocycles. The molecular weight excluding hydrogens is 316 g/mol. The van der Waals surface area contributed by atoms with E-state index in [9.17, 15) is 20.4 Å². The Hall–Kier alpha value is -0.860. The molecule has 0 spiro atoms. The molecule has 0 bridgehead atoms. The second-order valence-corrected chi connectivity index (χ2v) is 9.38. The number of terminal acetylenes is 1. The summed E-state index contributed by atoms with van der Waals surface area (Å²) in [6, 6.07) is 0. The van der Waals surface area contributed by atoms with Crippen LogP contribution in [0.25, 0.3) is 0 Å². The van der Waals surface area contributed by atoms with Crippen LogP contribution in [0.1, 0.15) is 52.4 Å². The molecule has 0 radical (unpaired) electrons. The molecule has 4 aliphatic rings. The lowest BCUT2D eigenvalue weighted by atomic mass is 9.47. The lowest BCUT2D eigenvalue weighted by Crippen LogP contribution is -2.56. The maximum Gasteiger partial charge on any atom is 0.159 e. The topological polar surface area (TPSA) is 80.9 Å². The zero-order valence-electron chi connectivity index (χ0n) is 15.2. The third-order valence-corrected chi connectivity index (χ3v) is 8.54. The molecule has 4 aliphatic carbocycles. The van der Waals surface area contributed by atoms with Gasteiger partial charge in [0.25, 0.3) is 0 Å². The minimum absolute atomic E-state index is 0.0466. The molecule has 4 heteroatoms. The van der Waals surface area contributed by atoms with E-state index in [1.54, 1.807) is 0 Å². The number of fused-ring (bicyclic) bond motifs is 5. The van der Waals surface area contributed by atoms with Gasteiger partial charge in [-0.15, -0.1) is 6.42 Å². The first kappa shape index (κ1) is 17.5. The smallest absolute Gasteiger partial charge is 0.159 e. The van der Waals surface area contributed by atoms with Crippen molar-refractivity contribution in [2.75, 3.05) is 0 Å². The van der Waals surface area contributed by atoms with Gasteiger partial charge in [-0.2, -0.15) is 0 Å². The summed E-state index contributed by atoms with van der Waals surface area (Å²) in [5, 5.41) is 42.4. The van der Waals surface area contributed by atoms with E-state index in [1.165, 1.54) is 5.57 Å². The molecule has 0 heterocycles. The molecule has 0 saturated heterocycles. The molecule has 3 fully saturated rings. The standard InChI is InChI=1S/C21H30O4/c1-4-21(25)18(24)17(23)16-14-6-5-12-11-13(22)7-9-19(12,2)15(14)8-10-20(16,21)3/h1,5,13-18,22-25H,6-11H2,2-3H3/t13-,14?,15?,16?,17+,18+,19-,20-,21-/m0/s1. The van der Waals surface area contributed by atoms with Crippen molar-refractivity contribution in [2.24, 2.45) is 28.6 Å². The summed E-state index contributed by atoms with van der Waals surface area (Å²) in [6.07, 6.45) is 10.3. The minimum Gasteiger partial charge on any atom is -0.393 e. The Balaban J connectivity index is 1.76. The maximum absolute atomic E-state index is 11.0. The van der Waals surface area contributed by atoms with Gasteiger partial charge >= 0.3 is 0 Å². The Morgan fingerprint density at radius 1 is 1.16 bits per heavy atom. The molecule has 3 unspecified atom stereocenters. The van der Waals surface area contributed by atoms with Crippen LogP contribution in [0, 0.1) is 40.9 Å². The fourth-order valence-electron chi connectivity index (χ4n) is 7.00. The van der Waals surface area contributed by atoms with Crippen molar-refractivity contribution in [3.8, 4) is 12.3 Å². The van der Waals surface area contributed by atoms with Crippen molar-refractivity contribution >= 4 is 0 Å². The summed E-state index contributed by atoms with van der Waals surface area (Å²) in [5.74, 6) is 2.83. The summed E-state index contributed by atoms with van der Waals surface area (Å²) in [4.78, 5) is 0. The van der Waals surface area contributed by atoms with Crippen LogP contribution in [-0.4, -0.2) is 44.3 Å². The van der Waals surface area contributed by atoms with Crippen LogP contribution in [0.3, 0.4) is 0 Å². The number of rotatable bonds is 0. The van der Waals surface area contributed by atoms with E-state index in [0.29, 0.717) is 12.3 Å². The van der Waals surface area contributed by atoms with Crippen LogP contribution in [0.15, 0.2) is 11.6 Å². The van der Waals surface area contributed by atoms with Gasteiger partial charge < -0.3 is 20.4 Å². The zero-order chi connectivity index (χ0) is 18.2. The van der Waals surface area contributed by atoms with Crippen LogP contribution in [0.4, 0.5) is 0 Å². The largest absolute Gasteiger partial charge is 0.393 e. The molecule has 4 nitrogen and oxygen atoms in total. The van der Waals surface area contributed by atoms with Gasteiger partial charge in [0.05, 0.1) is 12.2 Å². The van der Waals surface area contributed by atoms with Gasteiger partial charge in [-0.25, -0.2) is 0 Å². The van der Waals surface area contributed by atoms with E-state index >= 15 is 0 Å². The summed E-state index contributed by atoms with van der Waals surface area (Å²) in [6.45, 7) is 4.24. The zero-order valence-corrected chi connectivity index (χ0v) is 15.2. The number of aliphatic hydroxyl groups excluding tert-OH is 3. The van der Waals surface area contributed by atoms with E-state index in [0.717, 1.165) is 32.1 Å². The van der Waals surface area contributed by atoms with E-state index in [4.69, 9.17) is 6.42 Å². The molecule has 0 amide bonds. The van der Waals surface area contributed by atoms with Crippen molar-refractivity contribution < 1.29 is 20.4 Å². The fourth-order valence-corrected chi connectivity index (χ4v) is 7.00. The second-order valence-electron chi connectivity index (χ2n) is 9.38. The van der Waals surface area contributed by atoms with Gasteiger partial charge in [-0.3, -0.25) is 0 Å². The highest BCUT2D eigenvalue weighted by Crippen LogP contribution is 2.66. The molecule has 9 atom stereocenters. The van der Waals surface area contributed by atoms with Crippen molar-refractivity contribution in [3.63, 3.8) is 0 Å². The van der Waals surface area contributed by atoms with Gasteiger partial charge in [0.1, 0.15) is 6.10 Å². The Morgan fingerprint density at radius 2 is 1.88 bits per heavy atom. The lowest BCUT2D eigenvalue weighted by Gasteiger charge is -2.58. The fraction of sp³-hybridized carbons (Fsp3) is 0.810. The SMILES string of the molecule is C#C[C@]1(O)[C@H](O)[C@H](O)C2C3CC=C4C[C@@H](O)CC[C@]4(C)C3CC[C@@]21C. The maximum atomic E-state index is 11.0. The minimum atomic E-state index is -1.67. The van der Waals surface area contributed by atoms with Crippen LogP contribution >= 0.6 is 0 Å². The van der Waals surface area contributed by atoms with E-state index < -0.39 is 23.2 Å². The normalized spacial score (nSPS) is 57.7. The quantitative estimate of drug-likeness (QED) is 0.397. The summed E-state index contributed by atoms with van der Waals surface area (Å²) < 4.78 is 0. The summed E-state index contributed by atoms with van der Waals surface area (Å²) in [5.41, 5.74) is -0.936. The number of hydrogen-bond acceptors (Lipinski definition) is 4. The first-order valence-corrected chi connectivity index (χ1v) is 9.63. The average Bonchev–Trinajstić information content (AvgIpc) is 2.74. The molecule has 0 aromatic rings. The van der Waals surface area contributed by atoms with Crippen LogP contribution in [-0.2, 0) is 0 Å². The highest BCUT2D eigenvalue weighted by Gasteiger charge is 2.70. The predicted octanol–water partition coefficient (Wildman–Crippen LogP) is 1.62. The van der Waals surface area contributed by atoms with E-state index in [-0.39, 0.29) is 23.4 Å². The van der Waals surface area contributed by atoms with Crippen LogP contribution in [0.5, 0.6) is 0 Å². The Labute approximate surface area is 150 Å². The average molecular weight is 346 g/mol. The lowest BCUT2D eigenvalue weighted by molar-refractivity contribution is -0.118. The first-order valence-electron chi connectivity index (χ1n) is 9.63. The monoisotopic (exact) mass is 346 g/mol. The molecule has 4 N–H and O–H groups in total. The van der Waals surface area contributed by atoms with E-state index in [1.807, 2.05) is 6.92 Å². The van der Waals surface area contributed by atoms with E-state index in [2.05, 4.69) is 18.9 Å². The predicted molar refractivity (Wildman–Crippen MR) is 94.3 cm³/mol. The highest BCUT2D eigenvalue weighted by atomic mass is 16.4. The Bertz CT molecular complexity index is 651. The summed E-state index contributed by atoms with van der Waals surface area (Å²) >= 11 is 0. The van der Waals surface area contributed by atoms with Crippen molar-refractivity contribution in [2.45, 2.75) is 76.3 Å². The van der Waals surface area contributed by atoms with Gasteiger partial charge in [0.2, 0.25) is 0 Å². The highest BCUT2D eigenvalue weighted by molar-refractivity contribution is 5.32. The molecule has 25 heavy (non-hydrogen) atoms. The van der Waals surface area contributed by atoms with Gasteiger partial charge in [-0.05, 0) is 55.8 Å². The van der Waals surface area contributed by atoms with Crippen molar-refractivity contribution in [1.29, 1.82) is 0 Å². The molecule has 138 valence electrons.